The number of aliphatic hydroxyl groups is 1. The summed E-state index contributed by atoms with van der Waals surface area (Å²) >= 11 is 2.93. The van der Waals surface area contributed by atoms with Crippen molar-refractivity contribution in [2.45, 2.75) is 55.5 Å². The van der Waals surface area contributed by atoms with Gasteiger partial charge in [0.1, 0.15) is 0 Å². The highest BCUT2D eigenvalue weighted by Gasteiger charge is 2.51. The number of carboxylic acid groups (broad SMARTS) is 1. The van der Waals surface area contributed by atoms with Crippen LogP contribution in [0.15, 0.2) is 70.4 Å². The molecule has 5 nitrogen and oxygen atoms in total. The van der Waals surface area contributed by atoms with Gasteiger partial charge in [-0.25, -0.2) is 9.78 Å². The summed E-state index contributed by atoms with van der Waals surface area (Å²) in [5, 5.41) is 24.0. The maximum absolute atomic E-state index is 11.1. The van der Waals surface area contributed by atoms with Crippen LogP contribution in [0.1, 0.15) is 50.5 Å². The van der Waals surface area contributed by atoms with Crippen LogP contribution in [-0.2, 0) is 4.43 Å². The maximum Gasteiger partial charge on any atom is 0.355 e. The predicted octanol–water partition coefficient (Wildman–Crippen LogP) is 5.29. The molecule has 8 heteroatoms. The van der Waals surface area contributed by atoms with Gasteiger partial charge in [0.2, 0.25) is 0 Å². The molecule has 0 aliphatic heterocycles. The molecular formula is C28H35NO4S2Si. The predicted molar refractivity (Wildman–Crippen MR) is 150 cm³/mol. The molecule has 4 rings (SSSR count). The van der Waals surface area contributed by atoms with E-state index in [1.54, 1.807) is 17.1 Å². The first-order valence-corrected chi connectivity index (χ1v) is 16.2. The van der Waals surface area contributed by atoms with Crippen LogP contribution in [0, 0.1) is 11.8 Å². The van der Waals surface area contributed by atoms with E-state index in [2.05, 4.69) is 86.4 Å². The van der Waals surface area contributed by atoms with Crippen LogP contribution in [0.25, 0.3) is 0 Å². The largest absolute Gasteiger partial charge is 0.476 e. The number of rotatable bonds is 10. The molecule has 3 atom stereocenters. The fraction of sp³-hybridized carbons (Fsp3) is 0.429. The van der Waals surface area contributed by atoms with Crippen molar-refractivity contribution in [3.8, 4) is 0 Å². The normalized spacial score (nSPS) is 20.5. The zero-order valence-electron chi connectivity index (χ0n) is 21.1. The highest BCUT2D eigenvalue weighted by molar-refractivity contribution is 8.01. The number of carbonyl (C=O) groups is 1. The fourth-order valence-electron chi connectivity index (χ4n) is 5.46. The molecule has 192 valence electrons. The van der Waals surface area contributed by atoms with Gasteiger partial charge in [0.15, 0.2) is 10.0 Å². The van der Waals surface area contributed by atoms with Gasteiger partial charge < -0.3 is 14.6 Å². The third-order valence-electron chi connectivity index (χ3n) is 7.24. The van der Waals surface area contributed by atoms with Crippen LogP contribution in [0.4, 0.5) is 0 Å². The number of aromatic nitrogens is 1. The van der Waals surface area contributed by atoms with E-state index in [4.69, 9.17) is 9.53 Å². The Morgan fingerprint density at radius 1 is 1.08 bits per heavy atom. The average molecular weight is 542 g/mol. The summed E-state index contributed by atoms with van der Waals surface area (Å²) in [7, 11) is -2.61. The lowest BCUT2D eigenvalue weighted by molar-refractivity contribution is 0.0690. The Bertz CT molecular complexity index is 1090. The molecule has 0 bridgehead atoms. The summed E-state index contributed by atoms with van der Waals surface area (Å²) in [5.41, 5.74) is 0.0972. The van der Waals surface area contributed by atoms with Crippen LogP contribution in [-0.4, -0.2) is 47.9 Å². The van der Waals surface area contributed by atoms with Crippen LogP contribution >= 0.6 is 23.1 Å². The van der Waals surface area contributed by atoms with E-state index in [9.17, 15) is 9.90 Å². The number of hydrogen-bond acceptors (Lipinski definition) is 6. The number of aromatic carboxylic acids is 1. The minimum Gasteiger partial charge on any atom is -0.476 e. The first-order valence-electron chi connectivity index (χ1n) is 12.5. The lowest BCUT2D eigenvalue weighted by atomic mass is 9.93. The number of thioether (sulfide) groups is 1. The van der Waals surface area contributed by atoms with Crippen LogP contribution in [0.5, 0.6) is 0 Å². The molecule has 0 spiro atoms. The van der Waals surface area contributed by atoms with Crippen molar-refractivity contribution < 1.29 is 19.4 Å². The third kappa shape index (κ3) is 5.78. The highest BCUT2D eigenvalue weighted by Crippen LogP contribution is 2.41. The second-order valence-corrected chi connectivity index (χ2v) is 17.0. The molecule has 3 aromatic rings. The van der Waals surface area contributed by atoms with E-state index < -0.39 is 14.3 Å². The SMILES string of the molecule is CC(C)(C)[Si](OCC1CCC(O)C1CCSc1nc(C(=O)O)cs1)(c1ccccc1)c1ccccc1. The molecule has 1 aliphatic carbocycles. The lowest BCUT2D eigenvalue weighted by Crippen LogP contribution is -2.67. The van der Waals surface area contributed by atoms with E-state index in [1.165, 1.54) is 21.7 Å². The molecule has 1 fully saturated rings. The molecule has 1 saturated carbocycles. The fourth-order valence-corrected chi connectivity index (χ4v) is 12.0. The number of carboxylic acids is 1. The summed E-state index contributed by atoms with van der Waals surface area (Å²) in [5.74, 6) is 0.247. The van der Waals surface area contributed by atoms with Crippen molar-refractivity contribution in [1.29, 1.82) is 0 Å². The Balaban J connectivity index is 1.51. The quantitative estimate of drug-likeness (QED) is 0.268. The van der Waals surface area contributed by atoms with Crippen molar-refractivity contribution in [2.24, 2.45) is 11.8 Å². The number of nitrogens with zero attached hydrogens (tertiary/aromatic N) is 1. The van der Waals surface area contributed by atoms with E-state index in [0.717, 1.165) is 29.4 Å². The highest BCUT2D eigenvalue weighted by atomic mass is 32.2. The van der Waals surface area contributed by atoms with Gasteiger partial charge in [-0.1, -0.05) is 93.2 Å². The minimum absolute atomic E-state index is 0.0784. The second-order valence-electron chi connectivity index (χ2n) is 10.5. The molecule has 2 N–H and O–H groups in total. The van der Waals surface area contributed by atoms with Gasteiger partial charge >= 0.3 is 5.97 Å². The summed E-state index contributed by atoms with van der Waals surface area (Å²) in [6.45, 7) is 7.49. The van der Waals surface area contributed by atoms with E-state index in [-0.39, 0.29) is 28.7 Å². The van der Waals surface area contributed by atoms with Gasteiger partial charge in [-0.15, -0.1) is 11.3 Å². The van der Waals surface area contributed by atoms with Crippen molar-refractivity contribution >= 4 is 47.8 Å². The molecule has 3 unspecified atom stereocenters. The second kappa shape index (κ2) is 11.6. The van der Waals surface area contributed by atoms with Gasteiger partial charge in [-0.2, -0.15) is 0 Å². The van der Waals surface area contributed by atoms with E-state index >= 15 is 0 Å². The van der Waals surface area contributed by atoms with E-state index in [1.807, 2.05) is 0 Å². The molecule has 0 amide bonds. The third-order valence-corrected chi connectivity index (χ3v) is 14.3. The molecule has 36 heavy (non-hydrogen) atoms. The summed E-state index contributed by atoms with van der Waals surface area (Å²) < 4.78 is 7.93. The summed E-state index contributed by atoms with van der Waals surface area (Å²) in [4.78, 5) is 15.3. The Morgan fingerprint density at radius 3 is 2.22 bits per heavy atom. The van der Waals surface area contributed by atoms with Crippen LogP contribution < -0.4 is 10.4 Å². The first-order chi connectivity index (χ1) is 17.2. The van der Waals surface area contributed by atoms with Crippen LogP contribution in [0.3, 0.4) is 0 Å². The van der Waals surface area contributed by atoms with Gasteiger partial charge in [-0.05, 0) is 46.5 Å². The number of aliphatic hydroxyl groups excluding tert-OH is 1. The molecule has 0 saturated heterocycles. The topological polar surface area (TPSA) is 79.7 Å². The molecule has 2 aromatic carbocycles. The van der Waals surface area contributed by atoms with Gasteiger partial charge in [-0.3, -0.25) is 0 Å². The summed E-state index contributed by atoms with van der Waals surface area (Å²) in [6, 6.07) is 21.3. The van der Waals surface area contributed by atoms with Crippen molar-refractivity contribution in [3.05, 3.63) is 71.7 Å². The molecule has 1 aliphatic rings. The Hall–Kier alpha value is -1.97. The van der Waals surface area contributed by atoms with Crippen molar-refractivity contribution in [3.63, 3.8) is 0 Å². The maximum atomic E-state index is 11.1. The first kappa shape index (κ1) is 27.1. The number of thiazole rings is 1. The molecule has 1 heterocycles. The van der Waals surface area contributed by atoms with E-state index in [0.29, 0.717) is 6.61 Å². The number of benzene rings is 2. The van der Waals surface area contributed by atoms with Crippen molar-refractivity contribution in [1.82, 2.24) is 4.98 Å². The zero-order valence-corrected chi connectivity index (χ0v) is 23.7. The number of hydrogen-bond donors (Lipinski definition) is 2. The van der Waals surface area contributed by atoms with Gasteiger partial charge in [0.25, 0.3) is 8.32 Å². The lowest BCUT2D eigenvalue weighted by Gasteiger charge is -2.44. The monoisotopic (exact) mass is 541 g/mol. The van der Waals surface area contributed by atoms with Gasteiger partial charge in [0, 0.05) is 17.7 Å². The Morgan fingerprint density at radius 2 is 1.69 bits per heavy atom. The van der Waals surface area contributed by atoms with Crippen molar-refractivity contribution in [2.75, 3.05) is 12.4 Å². The Labute approximate surface area is 223 Å². The van der Waals surface area contributed by atoms with Gasteiger partial charge in [0.05, 0.1) is 6.10 Å². The molecule has 1 aromatic heterocycles. The molecule has 0 radical (unpaired) electrons. The minimum atomic E-state index is -2.61. The molecular weight excluding hydrogens is 507 g/mol. The smallest absolute Gasteiger partial charge is 0.355 e. The Kier molecular flexibility index (Phi) is 8.73. The standard InChI is InChI=1S/C28H35NO4S2Si/c1-28(2,3)36(21-10-6-4-7-11-21,22-12-8-5-9-13-22)33-18-20-14-15-25(30)23(20)16-17-34-27-29-24(19-35-27)26(31)32/h4-13,19-20,23,25,30H,14-18H2,1-3H3,(H,31,32). The van der Waals surface area contributed by atoms with Crippen LogP contribution in [0.2, 0.25) is 5.04 Å². The zero-order chi connectivity index (χ0) is 25.8. The summed E-state index contributed by atoms with van der Waals surface area (Å²) in [6.07, 6.45) is 2.27. The average Bonchev–Trinajstić information content (AvgIpc) is 3.47.